The molecule has 4 heteroatoms. The average molecular weight is 240 g/mol. The Kier molecular flexibility index (Phi) is 3.45. The maximum Gasteiger partial charge on any atom is 0.128 e. The Morgan fingerprint density at radius 2 is 2.12 bits per heavy atom. The van der Waals surface area contributed by atoms with Gasteiger partial charge in [0.25, 0.3) is 0 Å². The molecule has 3 N–H and O–H groups in total. The fraction of sp³-hybridized carbons (Fsp3) is 0.538. The van der Waals surface area contributed by atoms with Gasteiger partial charge >= 0.3 is 0 Å². The van der Waals surface area contributed by atoms with Gasteiger partial charge in [0.1, 0.15) is 11.6 Å². The highest BCUT2D eigenvalue weighted by Gasteiger charge is 2.35. The topological polar surface area (TPSA) is 38.0 Å². The lowest BCUT2D eigenvalue weighted by atomic mass is 9.81. The van der Waals surface area contributed by atoms with Crippen molar-refractivity contribution in [2.75, 3.05) is 6.54 Å². The fourth-order valence-electron chi connectivity index (χ4n) is 2.46. The van der Waals surface area contributed by atoms with Gasteiger partial charge in [-0.25, -0.2) is 8.78 Å². The molecular weight excluding hydrogens is 222 g/mol. The van der Waals surface area contributed by atoms with E-state index in [1.165, 1.54) is 6.07 Å². The molecule has 1 aliphatic heterocycles. The van der Waals surface area contributed by atoms with Gasteiger partial charge in [0, 0.05) is 11.6 Å². The summed E-state index contributed by atoms with van der Waals surface area (Å²) in [5.74, 6) is -0.891. The fourth-order valence-corrected chi connectivity index (χ4v) is 2.46. The lowest BCUT2D eigenvalue weighted by molar-refractivity contribution is 0.264. The Bertz CT molecular complexity index is 398. The van der Waals surface area contributed by atoms with Gasteiger partial charge < -0.3 is 11.1 Å². The molecule has 17 heavy (non-hydrogen) atoms. The molecule has 0 bridgehead atoms. The van der Waals surface area contributed by atoms with Crippen molar-refractivity contribution in [1.29, 1.82) is 0 Å². The largest absolute Gasteiger partial charge is 0.320 e. The molecule has 0 amide bonds. The smallest absolute Gasteiger partial charge is 0.128 e. The first-order valence-corrected chi connectivity index (χ1v) is 5.99. The van der Waals surface area contributed by atoms with E-state index >= 15 is 0 Å². The Labute approximate surface area is 100 Å². The number of rotatable bonds is 2. The first kappa shape index (κ1) is 12.5. The lowest BCUT2D eigenvalue weighted by Gasteiger charge is -2.38. The number of piperidine rings is 1. The van der Waals surface area contributed by atoms with E-state index in [4.69, 9.17) is 5.73 Å². The normalized spacial score (nSPS) is 24.4. The minimum Gasteiger partial charge on any atom is -0.320 e. The molecule has 1 saturated heterocycles. The third kappa shape index (κ3) is 2.48. The second-order valence-corrected chi connectivity index (χ2v) is 4.91. The third-order valence-electron chi connectivity index (χ3n) is 3.54. The predicted molar refractivity (Wildman–Crippen MR) is 63.5 cm³/mol. The van der Waals surface area contributed by atoms with E-state index in [0.717, 1.165) is 37.9 Å². The molecule has 2 unspecified atom stereocenters. The number of halogens is 2. The molecule has 0 saturated carbocycles. The summed E-state index contributed by atoms with van der Waals surface area (Å²) in [7, 11) is 0. The highest BCUT2D eigenvalue weighted by molar-refractivity contribution is 5.28. The number of hydrogen-bond donors (Lipinski definition) is 2. The van der Waals surface area contributed by atoms with Crippen LogP contribution in [0.2, 0.25) is 0 Å². The van der Waals surface area contributed by atoms with Gasteiger partial charge in [-0.2, -0.15) is 0 Å². The van der Waals surface area contributed by atoms with Crippen LogP contribution in [0.25, 0.3) is 0 Å². The summed E-state index contributed by atoms with van der Waals surface area (Å²) in [6, 6.07) is 3.44. The third-order valence-corrected chi connectivity index (χ3v) is 3.54. The van der Waals surface area contributed by atoms with Crippen LogP contribution in [0.1, 0.15) is 31.7 Å². The number of benzene rings is 1. The van der Waals surface area contributed by atoms with Crippen LogP contribution >= 0.6 is 0 Å². The van der Waals surface area contributed by atoms with Crippen LogP contribution in [0.3, 0.4) is 0 Å². The zero-order valence-corrected chi connectivity index (χ0v) is 9.97. The summed E-state index contributed by atoms with van der Waals surface area (Å²) in [6.45, 7) is 2.64. The Morgan fingerprint density at radius 1 is 1.35 bits per heavy atom. The molecule has 2 atom stereocenters. The molecule has 0 aliphatic carbocycles. The number of nitrogens with two attached hydrogens (primary N) is 1. The quantitative estimate of drug-likeness (QED) is 0.832. The molecule has 1 aromatic carbocycles. The minimum atomic E-state index is -0.882. The van der Waals surface area contributed by atoms with Crippen molar-refractivity contribution < 1.29 is 8.78 Å². The molecule has 0 spiro atoms. The van der Waals surface area contributed by atoms with Gasteiger partial charge in [0.2, 0.25) is 0 Å². The van der Waals surface area contributed by atoms with Crippen LogP contribution < -0.4 is 11.1 Å². The number of hydrogen-bond acceptors (Lipinski definition) is 2. The molecule has 94 valence electrons. The summed E-state index contributed by atoms with van der Waals surface area (Å²) >= 11 is 0. The van der Waals surface area contributed by atoms with E-state index in [0.29, 0.717) is 0 Å². The second kappa shape index (κ2) is 4.70. The molecule has 2 rings (SSSR count). The Hall–Kier alpha value is -1.00. The molecule has 0 radical (unpaired) electrons. The Morgan fingerprint density at radius 3 is 2.76 bits per heavy atom. The Balaban J connectivity index is 2.32. The molecule has 2 nitrogen and oxygen atoms in total. The molecule has 1 aliphatic rings. The lowest BCUT2D eigenvalue weighted by Crippen LogP contribution is -2.54. The van der Waals surface area contributed by atoms with Crippen LogP contribution in [0.15, 0.2) is 18.2 Å². The van der Waals surface area contributed by atoms with Crippen LogP contribution in [0, 0.1) is 11.6 Å². The molecule has 1 aromatic rings. The monoisotopic (exact) mass is 240 g/mol. The summed E-state index contributed by atoms with van der Waals surface area (Å²) in [4.78, 5) is 0. The first-order chi connectivity index (χ1) is 8.01. The van der Waals surface area contributed by atoms with Gasteiger partial charge in [0.05, 0.1) is 5.54 Å². The zero-order chi connectivity index (χ0) is 12.5. The maximum atomic E-state index is 13.7. The maximum absolute atomic E-state index is 13.7. The van der Waals surface area contributed by atoms with E-state index in [1.54, 1.807) is 6.92 Å². The van der Waals surface area contributed by atoms with Crippen LogP contribution in [0.5, 0.6) is 0 Å². The van der Waals surface area contributed by atoms with Crippen LogP contribution in [0.4, 0.5) is 8.78 Å². The summed E-state index contributed by atoms with van der Waals surface area (Å²) < 4.78 is 26.9. The van der Waals surface area contributed by atoms with Crippen molar-refractivity contribution in [3.8, 4) is 0 Å². The molecule has 0 aromatic heterocycles. The summed E-state index contributed by atoms with van der Waals surface area (Å²) in [6.07, 6.45) is 3.07. The van der Waals surface area contributed by atoms with Gasteiger partial charge in [-0.1, -0.05) is 6.42 Å². The second-order valence-electron chi connectivity index (χ2n) is 4.91. The van der Waals surface area contributed by atoms with E-state index in [9.17, 15) is 8.78 Å². The van der Waals surface area contributed by atoms with Crippen LogP contribution in [-0.2, 0) is 5.54 Å². The van der Waals surface area contributed by atoms with Crippen molar-refractivity contribution >= 4 is 0 Å². The van der Waals surface area contributed by atoms with E-state index in [1.807, 2.05) is 0 Å². The number of nitrogens with one attached hydrogen (secondary N) is 1. The van der Waals surface area contributed by atoms with Crippen molar-refractivity contribution in [2.45, 2.75) is 37.8 Å². The van der Waals surface area contributed by atoms with Crippen molar-refractivity contribution in [3.63, 3.8) is 0 Å². The SMILES string of the molecule is CC(N)(c1cc(F)ccc1F)C1CCCCN1. The van der Waals surface area contributed by atoms with Gasteiger partial charge in [-0.05, 0) is 44.5 Å². The first-order valence-electron chi connectivity index (χ1n) is 5.99. The standard InChI is InChI=1S/C13H18F2N2/c1-13(16,12-4-2-3-7-17-12)10-8-9(14)5-6-11(10)15/h5-6,8,12,17H,2-4,7,16H2,1H3. The minimum absolute atomic E-state index is 0.00690. The van der Waals surface area contributed by atoms with Crippen LogP contribution in [-0.4, -0.2) is 12.6 Å². The van der Waals surface area contributed by atoms with E-state index in [2.05, 4.69) is 5.32 Å². The summed E-state index contributed by atoms with van der Waals surface area (Å²) in [5.41, 5.74) is 5.58. The van der Waals surface area contributed by atoms with Crippen molar-refractivity contribution in [2.24, 2.45) is 5.73 Å². The van der Waals surface area contributed by atoms with Crippen molar-refractivity contribution in [1.82, 2.24) is 5.32 Å². The van der Waals surface area contributed by atoms with E-state index < -0.39 is 17.2 Å². The van der Waals surface area contributed by atoms with E-state index in [-0.39, 0.29) is 11.6 Å². The summed E-state index contributed by atoms with van der Waals surface area (Å²) in [5, 5.41) is 3.29. The predicted octanol–water partition coefficient (Wildman–Crippen LogP) is 2.28. The molecule has 1 heterocycles. The molecule has 1 fully saturated rings. The van der Waals surface area contributed by atoms with Gasteiger partial charge in [-0.15, -0.1) is 0 Å². The highest BCUT2D eigenvalue weighted by Crippen LogP contribution is 2.29. The molecular formula is C13H18F2N2. The van der Waals surface area contributed by atoms with Gasteiger partial charge in [0.15, 0.2) is 0 Å². The van der Waals surface area contributed by atoms with Gasteiger partial charge in [-0.3, -0.25) is 0 Å². The van der Waals surface area contributed by atoms with Crippen molar-refractivity contribution in [3.05, 3.63) is 35.4 Å². The average Bonchev–Trinajstić information content (AvgIpc) is 2.33. The highest BCUT2D eigenvalue weighted by atomic mass is 19.1. The zero-order valence-electron chi connectivity index (χ0n) is 9.97.